The number of nitrogens with zero attached hydrogens (tertiary/aromatic N) is 1. The van der Waals surface area contributed by atoms with E-state index in [1.165, 1.54) is 18.1 Å². The van der Waals surface area contributed by atoms with Crippen molar-refractivity contribution >= 4 is 17.8 Å². The SMILES string of the molecule is C/C=C/C(=O)N(Cc1ccc(OC)cc1)[C@@H](CCC(=O)OC(C)(C)C)C(=O)OC. The number of ether oxygens (including phenoxy) is 3. The largest absolute Gasteiger partial charge is 0.497 e. The molecule has 0 aliphatic rings. The van der Waals surface area contributed by atoms with E-state index in [9.17, 15) is 14.4 Å². The number of rotatable bonds is 9. The first kappa shape index (κ1) is 24.2. The van der Waals surface area contributed by atoms with E-state index in [1.54, 1.807) is 53.0 Å². The van der Waals surface area contributed by atoms with Gasteiger partial charge in [0.2, 0.25) is 5.91 Å². The van der Waals surface area contributed by atoms with Gasteiger partial charge in [-0.1, -0.05) is 18.2 Å². The Labute approximate surface area is 172 Å². The van der Waals surface area contributed by atoms with E-state index in [-0.39, 0.29) is 25.3 Å². The van der Waals surface area contributed by atoms with Crippen LogP contribution in [0, 0.1) is 0 Å². The standard InChI is InChI=1S/C22H31NO6/c1-7-8-19(24)23(15-16-9-11-17(27-5)12-10-16)18(21(26)28-6)13-14-20(25)29-22(2,3)4/h7-12,18H,13-15H2,1-6H3/b8-7+/t18-/m0/s1. The zero-order valence-electron chi connectivity index (χ0n) is 18.1. The number of hydrogen-bond acceptors (Lipinski definition) is 6. The molecule has 0 aliphatic carbocycles. The number of benzene rings is 1. The number of allylic oxidation sites excluding steroid dienone is 1. The van der Waals surface area contributed by atoms with Gasteiger partial charge in [-0.15, -0.1) is 0 Å². The Hall–Kier alpha value is -2.83. The molecular formula is C22H31NO6. The summed E-state index contributed by atoms with van der Waals surface area (Å²) in [5, 5.41) is 0. The van der Waals surface area contributed by atoms with Crippen LogP contribution in [0.15, 0.2) is 36.4 Å². The Morgan fingerprint density at radius 1 is 1.10 bits per heavy atom. The van der Waals surface area contributed by atoms with Gasteiger partial charge in [0.1, 0.15) is 17.4 Å². The molecule has 0 unspecified atom stereocenters. The maximum Gasteiger partial charge on any atom is 0.328 e. The van der Waals surface area contributed by atoms with Crippen molar-refractivity contribution in [1.82, 2.24) is 4.90 Å². The fourth-order valence-electron chi connectivity index (χ4n) is 2.69. The number of carbonyl (C=O) groups is 3. The molecule has 1 aromatic rings. The van der Waals surface area contributed by atoms with E-state index in [4.69, 9.17) is 14.2 Å². The molecule has 0 bridgehead atoms. The quantitative estimate of drug-likeness (QED) is 0.463. The Kier molecular flexibility index (Phi) is 9.38. The molecule has 1 aromatic carbocycles. The molecule has 1 rings (SSSR count). The molecule has 1 atom stereocenters. The zero-order valence-corrected chi connectivity index (χ0v) is 18.1. The minimum absolute atomic E-state index is 0.0146. The first-order chi connectivity index (χ1) is 13.6. The molecular weight excluding hydrogens is 374 g/mol. The van der Waals surface area contributed by atoms with Gasteiger partial charge in [-0.3, -0.25) is 9.59 Å². The van der Waals surface area contributed by atoms with Gasteiger partial charge in [0.05, 0.1) is 14.2 Å². The van der Waals surface area contributed by atoms with E-state index in [2.05, 4.69) is 0 Å². The fourth-order valence-corrected chi connectivity index (χ4v) is 2.69. The van der Waals surface area contributed by atoms with Crippen LogP contribution in [-0.4, -0.2) is 48.6 Å². The van der Waals surface area contributed by atoms with Gasteiger partial charge >= 0.3 is 11.9 Å². The van der Waals surface area contributed by atoms with Crippen molar-refractivity contribution < 1.29 is 28.6 Å². The van der Waals surface area contributed by atoms with Crippen molar-refractivity contribution in [2.75, 3.05) is 14.2 Å². The summed E-state index contributed by atoms with van der Waals surface area (Å²) in [5.74, 6) is -0.674. The van der Waals surface area contributed by atoms with Crippen molar-refractivity contribution in [1.29, 1.82) is 0 Å². The highest BCUT2D eigenvalue weighted by molar-refractivity contribution is 5.91. The normalized spacial score (nSPS) is 12.3. The van der Waals surface area contributed by atoms with Crippen LogP contribution in [0.1, 0.15) is 46.1 Å². The molecule has 0 saturated heterocycles. The first-order valence-electron chi connectivity index (χ1n) is 9.47. The second kappa shape index (κ2) is 11.2. The highest BCUT2D eigenvalue weighted by atomic mass is 16.6. The Bertz CT molecular complexity index is 718. The van der Waals surface area contributed by atoms with Gasteiger partial charge < -0.3 is 19.1 Å². The van der Waals surface area contributed by atoms with Gasteiger partial charge in [0.25, 0.3) is 0 Å². The highest BCUT2D eigenvalue weighted by Crippen LogP contribution is 2.19. The average Bonchev–Trinajstić information content (AvgIpc) is 2.66. The lowest BCUT2D eigenvalue weighted by atomic mass is 10.1. The van der Waals surface area contributed by atoms with Crippen LogP contribution >= 0.6 is 0 Å². The molecule has 7 heteroatoms. The average molecular weight is 405 g/mol. The summed E-state index contributed by atoms with van der Waals surface area (Å²) in [6, 6.07) is 6.27. The second-order valence-electron chi connectivity index (χ2n) is 7.48. The fraction of sp³-hybridized carbons (Fsp3) is 0.500. The molecule has 0 N–H and O–H groups in total. The Morgan fingerprint density at radius 3 is 2.21 bits per heavy atom. The molecule has 0 heterocycles. The molecule has 0 spiro atoms. The van der Waals surface area contributed by atoms with Crippen LogP contribution in [0.2, 0.25) is 0 Å². The molecule has 0 aliphatic heterocycles. The van der Waals surface area contributed by atoms with Gasteiger partial charge in [0.15, 0.2) is 0 Å². The molecule has 7 nitrogen and oxygen atoms in total. The summed E-state index contributed by atoms with van der Waals surface area (Å²) in [4.78, 5) is 38.7. The second-order valence-corrected chi connectivity index (χ2v) is 7.48. The van der Waals surface area contributed by atoms with Crippen LogP contribution in [0.25, 0.3) is 0 Å². The van der Waals surface area contributed by atoms with Crippen LogP contribution < -0.4 is 4.74 Å². The van der Waals surface area contributed by atoms with E-state index in [0.717, 1.165) is 5.56 Å². The molecule has 0 fully saturated rings. The molecule has 0 aromatic heterocycles. The third-order valence-electron chi connectivity index (χ3n) is 4.00. The minimum atomic E-state index is -0.918. The topological polar surface area (TPSA) is 82.1 Å². The smallest absolute Gasteiger partial charge is 0.328 e. The van der Waals surface area contributed by atoms with E-state index in [0.29, 0.717) is 5.75 Å². The summed E-state index contributed by atoms with van der Waals surface area (Å²) in [6.07, 6.45) is 3.07. The maximum absolute atomic E-state index is 12.7. The van der Waals surface area contributed by atoms with Crippen LogP contribution in [0.5, 0.6) is 5.75 Å². The monoisotopic (exact) mass is 405 g/mol. The summed E-state index contributed by atoms with van der Waals surface area (Å²) in [6.45, 7) is 7.22. The third kappa shape index (κ3) is 8.37. The zero-order chi connectivity index (χ0) is 22.0. The van der Waals surface area contributed by atoms with Gasteiger partial charge in [0, 0.05) is 13.0 Å². The number of hydrogen-bond donors (Lipinski definition) is 0. The van der Waals surface area contributed by atoms with Gasteiger partial charge in [-0.25, -0.2) is 4.79 Å². The lowest BCUT2D eigenvalue weighted by Crippen LogP contribution is -2.45. The Balaban J connectivity index is 3.07. The predicted octanol–water partition coefficient (Wildman–Crippen LogP) is 3.26. The highest BCUT2D eigenvalue weighted by Gasteiger charge is 2.31. The molecule has 0 radical (unpaired) electrons. The van der Waals surface area contributed by atoms with Crippen LogP contribution in [0.3, 0.4) is 0 Å². The molecule has 0 saturated carbocycles. The van der Waals surface area contributed by atoms with Crippen LogP contribution in [0.4, 0.5) is 0 Å². The molecule has 29 heavy (non-hydrogen) atoms. The van der Waals surface area contributed by atoms with Crippen LogP contribution in [-0.2, 0) is 30.4 Å². The van der Waals surface area contributed by atoms with Crippen molar-refractivity contribution in [2.45, 2.75) is 58.7 Å². The van der Waals surface area contributed by atoms with Crippen molar-refractivity contribution in [3.05, 3.63) is 42.0 Å². The predicted molar refractivity (Wildman–Crippen MR) is 109 cm³/mol. The summed E-state index contributed by atoms with van der Waals surface area (Å²) < 4.78 is 15.4. The van der Waals surface area contributed by atoms with E-state index < -0.39 is 23.6 Å². The third-order valence-corrected chi connectivity index (χ3v) is 4.00. The Morgan fingerprint density at radius 2 is 1.72 bits per heavy atom. The number of methoxy groups -OCH3 is 2. The number of amides is 1. The van der Waals surface area contributed by atoms with Gasteiger partial charge in [-0.2, -0.15) is 0 Å². The summed E-state index contributed by atoms with van der Waals surface area (Å²) >= 11 is 0. The van der Waals surface area contributed by atoms with E-state index in [1.807, 2.05) is 12.1 Å². The van der Waals surface area contributed by atoms with Crippen molar-refractivity contribution in [2.24, 2.45) is 0 Å². The van der Waals surface area contributed by atoms with Crippen molar-refractivity contribution in [3.63, 3.8) is 0 Å². The maximum atomic E-state index is 12.7. The summed E-state index contributed by atoms with van der Waals surface area (Å²) in [5.41, 5.74) is 0.191. The number of carbonyl (C=O) groups excluding carboxylic acids is 3. The number of esters is 2. The molecule has 160 valence electrons. The first-order valence-corrected chi connectivity index (χ1v) is 9.47. The lowest BCUT2D eigenvalue weighted by Gasteiger charge is -2.29. The van der Waals surface area contributed by atoms with E-state index >= 15 is 0 Å². The molecule has 1 amide bonds. The lowest BCUT2D eigenvalue weighted by molar-refractivity contribution is -0.157. The van der Waals surface area contributed by atoms with Crippen molar-refractivity contribution in [3.8, 4) is 5.75 Å². The van der Waals surface area contributed by atoms with Gasteiger partial charge in [-0.05, 0) is 57.9 Å². The minimum Gasteiger partial charge on any atom is -0.497 e. The summed E-state index contributed by atoms with van der Waals surface area (Å²) in [7, 11) is 2.83.